The molecule has 3 aromatic rings. The molecule has 1 saturated heterocycles. The standard InChI is InChI=1S/C28H26F6N2O3/c29-27(30,31)26(37,28(32,33)34)23-8-6-22(7-9-23)21-4-1-19(2-5-21)16-35-11-13-36(14-12-35)17-20-3-10-24-25(15-20)39-18-38-24/h1-10,15,37H,11-14,16-18H2. The van der Waals surface area contributed by atoms with Crippen LogP contribution >= 0.6 is 0 Å². The quantitative estimate of drug-likeness (QED) is 0.397. The Hall–Kier alpha value is -3.28. The fourth-order valence-corrected chi connectivity index (χ4v) is 4.86. The predicted octanol–water partition coefficient (Wildman–Crippen LogP) is 5.71. The molecular weight excluding hydrogens is 526 g/mol. The highest BCUT2D eigenvalue weighted by atomic mass is 19.4. The highest BCUT2D eigenvalue weighted by molar-refractivity contribution is 5.64. The van der Waals surface area contributed by atoms with Gasteiger partial charge in [0.1, 0.15) is 0 Å². The van der Waals surface area contributed by atoms with Gasteiger partial charge in [-0.2, -0.15) is 26.3 Å². The van der Waals surface area contributed by atoms with Gasteiger partial charge in [0.15, 0.2) is 11.5 Å². The van der Waals surface area contributed by atoms with E-state index in [-0.39, 0.29) is 6.79 Å². The lowest BCUT2D eigenvalue weighted by Gasteiger charge is -2.34. The highest BCUT2D eigenvalue weighted by Crippen LogP contribution is 2.50. The lowest BCUT2D eigenvalue weighted by atomic mass is 9.90. The summed E-state index contributed by atoms with van der Waals surface area (Å²) in [6, 6.07) is 16.9. The summed E-state index contributed by atoms with van der Waals surface area (Å²) in [4.78, 5) is 4.70. The maximum Gasteiger partial charge on any atom is 0.430 e. The van der Waals surface area contributed by atoms with E-state index < -0.39 is 23.5 Å². The van der Waals surface area contributed by atoms with E-state index >= 15 is 0 Å². The Morgan fingerprint density at radius 2 is 1.08 bits per heavy atom. The maximum absolute atomic E-state index is 13.1. The first kappa shape index (κ1) is 27.3. The second kappa shape index (κ2) is 10.4. The number of rotatable bonds is 6. The van der Waals surface area contributed by atoms with Crippen LogP contribution in [0.5, 0.6) is 11.5 Å². The van der Waals surface area contributed by atoms with Gasteiger partial charge in [-0.25, -0.2) is 0 Å². The average Bonchev–Trinajstić information content (AvgIpc) is 3.37. The number of ether oxygens (including phenoxy) is 2. The summed E-state index contributed by atoms with van der Waals surface area (Å²) in [7, 11) is 0. The average molecular weight is 553 g/mol. The third kappa shape index (κ3) is 5.57. The van der Waals surface area contributed by atoms with Crippen LogP contribution in [0.2, 0.25) is 0 Å². The number of nitrogens with zero attached hydrogens (tertiary/aromatic N) is 2. The molecule has 0 unspecified atom stereocenters. The van der Waals surface area contributed by atoms with Gasteiger partial charge >= 0.3 is 12.4 Å². The van der Waals surface area contributed by atoms with Gasteiger partial charge in [-0.05, 0) is 34.4 Å². The van der Waals surface area contributed by atoms with E-state index in [1.807, 2.05) is 30.3 Å². The van der Waals surface area contributed by atoms with Crippen LogP contribution in [0.3, 0.4) is 0 Å². The zero-order chi connectivity index (χ0) is 27.8. The van der Waals surface area contributed by atoms with E-state index in [9.17, 15) is 31.4 Å². The zero-order valence-electron chi connectivity index (χ0n) is 20.7. The molecule has 5 nitrogen and oxygen atoms in total. The summed E-state index contributed by atoms with van der Waals surface area (Å²) in [6.07, 6.45) is -11.8. The van der Waals surface area contributed by atoms with Crippen LogP contribution in [0.4, 0.5) is 26.3 Å². The van der Waals surface area contributed by atoms with Gasteiger partial charge in [0.05, 0.1) is 0 Å². The second-order valence-corrected chi connectivity index (χ2v) is 9.72. The molecule has 208 valence electrons. The minimum atomic E-state index is -5.91. The number of halogens is 6. The number of benzene rings is 3. The Morgan fingerprint density at radius 1 is 0.615 bits per heavy atom. The number of aliphatic hydroxyl groups is 1. The van der Waals surface area contributed by atoms with Crippen molar-refractivity contribution in [2.75, 3.05) is 33.0 Å². The molecule has 39 heavy (non-hydrogen) atoms. The van der Waals surface area contributed by atoms with E-state index in [0.717, 1.165) is 74.0 Å². The molecule has 0 radical (unpaired) electrons. The Kier molecular flexibility index (Phi) is 7.25. The van der Waals surface area contributed by atoms with Crippen LogP contribution < -0.4 is 9.47 Å². The number of alkyl halides is 6. The fourth-order valence-electron chi connectivity index (χ4n) is 4.86. The van der Waals surface area contributed by atoms with Gasteiger partial charge in [-0.3, -0.25) is 9.80 Å². The van der Waals surface area contributed by atoms with Crippen molar-refractivity contribution in [3.05, 3.63) is 83.4 Å². The first-order valence-electron chi connectivity index (χ1n) is 12.3. The van der Waals surface area contributed by atoms with Crippen molar-refractivity contribution in [2.24, 2.45) is 0 Å². The highest BCUT2D eigenvalue weighted by Gasteiger charge is 2.71. The van der Waals surface area contributed by atoms with E-state index in [4.69, 9.17) is 9.47 Å². The summed E-state index contributed by atoms with van der Waals surface area (Å²) >= 11 is 0. The van der Waals surface area contributed by atoms with Crippen LogP contribution in [0.1, 0.15) is 16.7 Å². The molecule has 0 bridgehead atoms. The van der Waals surface area contributed by atoms with Gasteiger partial charge in [-0.1, -0.05) is 54.6 Å². The third-order valence-electron chi connectivity index (χ3n) is 7.12. The van der Waals surface area contributed by atoms with Gasteiger partial charge in [0, 0.05) is 44.8 Å². The van der Waals surface area contributed by atoms with E-state index in [2.05, 4.69) is 9.80 Å². The molecule has 0 aromatic heterocycles. The van der Waals surface area contributed by atoms with Crippen LogP contribution in [0, 0.1) is 0 Å². The molecule has 0 spiro atoms. The smallest absolute Gasteiger partial charge is 0.430 e. The van der Waals surface area contributed by atoms with Crippen molar-refractivity contribution in [3.8, 4) is 22.6 Å². The normalized spacial score (nSPS) is 17.0. The summed E-state index contributed by atoms with van der Waals surface area (Å²) in [5.41, 5.74) is -2.92. The first-order valence-corrected chi connectivity index (χ1v) is 12.3. The number of hydrogen-bond acceptors (Lipinski definition) is 5. The largest absolute Gasteiger partial charge is 0.454 e. The summed E-state index contributed by atoms with van der Waals surface area (Å²) in [5.74, 6) is 1.54. The summed E-state index contributed by atoms with van der Waals surface area (Å²) in [6.45, 7) is 5.37. The van der Waals surface area contributed by atoms with Crippen molar-refractivity contribution in [1.82, 2.24) is 9.80 Å². The molecule has 2 aliphatic rings. The molecule has 1 fully saturated rings. The molecule has 0 atom stereocenters. The second-order valence-electron chi connectivity index (χ2n) is 9.72. The molecule has 0 aliphatic carbocycles. The van der Waals surface area contributed by atoms with E-state index in [0.29, 0.717) is 23.3 Å². The topological polar surface area (TPSA) is 45.2 Å². The minimum absolute atomic E-state index is 0.249. The molecular formula is C28H26F6N2O3. The maximum atomic E-state index is 13.1. The van der Waals surface area contributed by atoms with Crippen molar-refractivity contribution < 1.29 is 40.9 Å². The molecule has 5 rings (SSSR count). The van der Waals surface area contributed by atoms with E-state index in [1.165, 1.54) is 0 Å². The molecule has 3 aromatic carbocycles. The predicted molar refractivity (Wildman–Crippen MR) is 131 cm³/mol. The van der Waals surface area contributed by atoms with Gasteiger partial charge in [-0.15, -0.1) is 0 Å². The van der Waals surface area contributed by atoms with Crippen LogP contribution in [0.15, 0.2) is 66.7 Å². The first-order chi connectivity index (χ1) is 18.4. The number of hydrogen-bond donors (Lipinski definition) is 1. The summed E-state index contributed by atoms with van der Waals surface area (Å²) < 4.78 is 89.6. The minimum Gasteiger partial charge on any atom is -0.454 e. The molecule has 0 amide bonds. The Morgan fingerprint density at radius 3 is 1.62 bits per heavy atom. The molecule has 1 N–H and O–H groups in total. The van der Waals surface area contributed by atoms with Crippen molar-refractivity contribution in [3.63, 3.8) is 0 Å². The van der Waals surface area contributed by atoms with Crippen LogP contribution in [-0.2, 0) is 18.7 Å². The molecule has 11 heteroatoms. The monoisotopic (exact) mass is 552 g/mol. The fraction of sp³-hybridized carbons (Fsp3) is 0.357. The number of fused-ring (bicyclic) bond motifs is 1. The van der Waals surface area contributed by atoms with E-state index in [1.54, 1.807) is 12.1 Å². The van der Waals surface area contributed by atoms with Crippen molar-refractivity contribution in [1.29, 1.82) is 0 Å². The summed E-state index contributed by atoms with van der Waals surface area (Å²) in [5, 5.41) is 9.57. The Labute approximate surface area is 221 Å². The third-order valence-corrected chi connectivity index (χ3v) is 7.12. The van der Waals surface area contributed by atoms with Crippen molar-refractivity contribution in [2.45, 2.75) is 31.0 Å². The van der Waals surface area contributed by atoms with Crippen LogP contribution in [-0.4, -0.2) is 60.2 Å². The lowest BCUT2D eigenvalue weighted by molar-refractivity contribution is -0.376. The van der Waals surface area contributed by atoms with Gasteiger partial charge in [0.25, 0.3) is 5.60 Å². The molecule has 2 aliphatic heterocycles. The Balaban J connectivity index is 1.17. The van der Waals surface area contributed by atoms with Crippen molar-refractivity contribution >= 4 is 0 Å². The van der Waals surface area contributed by atoms with Crippen LogP contribution in [0.25, 0.3) is 11.1 Å². The molecule has 2 heterocycles. The Bertz CT molecular complexity index is 1270. The molecule has 0 saturated carbocycles. The SMILES string of the molecule is OC(c1ccc(-c2ccc(CN3CCN(Cc4ccc5c(c4)OCO5)CC3)cc2)cc1)(C(F)(F)F)C(F)(F)F. The number of piperazine rings is 1. The van der Waals surface area contributed by atoms with Gasteiger partial charge in [0.2, 0.25) is 6.79 Å². The van der Waals surface area contributed by atoms with Gasteiger partial charge < -0.3 is 14.6 Å². The zero-order valence-corrected chi connectivity index (χ0v) is 20.7. The lowest BCUT2D eigenvalue weighted by Crippen LogP contribution is -2.53.